The highest BCUT2D eigenvalue weighted by atomic mass is 79.9. The molecule has 3 aliphatic heterocycles. The summed E-state index contributed by atoms with van der Waals surface area (Å²) < 4.78 is 21.1. The molecule has 0 unspecified atom stereocenters. The van der Waals surface area contributed by atoms with E-state index in [-0.39, 0.29) is 21.5 Å². The molecule has 196 valence electrons. The zero-order valence-electron chi connectivity index (χ0n) is 21.3. The highest BCUT2D eigenvalue weighted by Crippen LogP contribution is 2.43. The highest BCUT2D eigenvalue weighted by molar-refractivity contribution is 9.10. The van der Waals surface area contributed by atoms with Gasteiger partial charge in [-0.2, -0.15) is 4.98 Å². The van der Waals surface area contributed by atoms with E-state index in [1.165, 1.54) is 0 Å². The van der Waals surface area contributed by atoms with Gasteiger partial charge in [-0.05, 0) is 62.7 Å². The molecular weight excluding hydrogens is 551 g/mol. The van der Waals surface area contributed by atoms with E-state index in [1.807, 2.05) is 20.8 Å². The lowest BCUT2D eigenvalue weighted by Crippen LogP contribution is -2.62. The number of amides is 1. The van der Waals surface area contributed by atoms with Gasteiger partial charge in [0.15, 0.2) is 5.82 Å². The molecule has 1 aromatic heterocycles. The molecule has 5 rings (SSSR count). The van der Waals surface area contributed by atoms with Crippen LogP contribution in [0.25, 0.3) is 10.9 Å². The van der Waals surface area contributed by atoms with Crippen LogP contribution >= 0.6 is 27.5 Å². The monoisotopic (exact) mass is 582 g/mol. The Bertz CT molecular complexity index is 1170. The number of hydrogen-bond donors (Lipinski definition) is 0. The number of piperidine rings is 1. The number of likely N-dealkylation sites (N-methyl/N-ethyl adjacent to an activating group) is 1. The van der Waals surface area contributed by atoms with Crippen molar-refractivity contribution in [2.75, 3.05) is 69.2 Å². The van der Waals surface area contributed by atoms with E-state index in [9.17, 15) is 4.79 Å². The standard InChI is InChI=1S/C25H33BrClFN6O2/c1-24(2,3)36-23(35)34-14-25(15-34)5-7-32(8-6-25)21-16-13-17(27)18(26)19(28)20(16)29-22(30-21)33-11-9-31(4)10-12-33/h13H,5-12,14-15H2,1-4H3. The molecule has 36 heavy (non-hydrogen) atoms. The van der Waals surface area contributed by atoms with Crippen LogP contribution in [0.15, 0.2) is 10.5 Å². The number of nitrogens with zero attached hydrogens (tertiary/aromatic N) is 6. The Kier molecular flexibility index (Phi) is 6.74. The Labute approximate surface area is 224 Å². The van der Waals surface area contributed by atoms with Gasteiger partial charge in [-0.15, -0.1) is 0 Å². The van der Waals surface area contributed by atoms with E-state index in [0.717, 1.165) is 57.9 Å². The molecule has 1 aromatic carbocycles. The molecule has 0 radical (unpaired) electrons. The minimum absolute atomic E-state index is 0.0996. The van der Waals surface area contributed by atoms with Crippen molar-refractivity contribution < 1.29 is 13.9 Å². The first-order chi connectivity index (χ1) is 16.9. The predicted octanol–water partition coefficient (Wildman–Crippen LogP) is 4.77. The Morgan fingerprint density at radius 2 is 1.72 bits per heavy atom. The molecule has 0 bridgehead atoms. The highest BCUT2D eigenvalue weighted by Gasteiger charge is 2.48. The van der Waals surface area contributed by atoms with Crippen molar-refractivity contribution in [3.05, 3.63) is 21.4 Å². The minimum atomic E-state index is -0.496. The summed E-state index contributed by atoms with van der Waals surface area (Å²) in [5, 5.41) is 0.927. The van der Waals surface area contributed by atoms with Crippen molar-refractivity contribution in [2.45, 2.75) is 39.2 Å². The average Bonchev–Trinajstić information content (AvgIpc) is 2.80. The van der Waals surface area contributed by atoms with Crippen LogP contribution in [-0.2, 0) is 4.74 Å². The lowest BCUT2D eigenvalue weighted by molar-refractivity contribution is -0.0434. The van der Waals surface area contributed by atoms with Crippen molar-refractivity contribution >= 4 is 56.3 Å². The number of benzene rings is 1. The quantitative estimate of drug-likeness (QED) is 0.472. The van der Waals surface area contributed by atoms with Gasteiger partial charge in [0.25, 0.3) is 0 Å². The third-order valence-corrected chi connectivity index (χ3v) is 8.71. The number of ether oxygens (including phenoxy) is 1. The largest absolute Gasteiger partial charge is 0.444 e. The molecule has 3 aliphatic rings. The maximum atomic E-state index is 15.3. The predicted molar refractivity (Wildman–Crippen MR) is 144 cm³/mol. The first-order valence-electron chi connectivity index (χ1n) is 12.5. The van der Waals surface area contributed by atoms with Crippen LogP contribution in [-0.4, -0.2) is 90.9 Å². The number of fused-ring (bicyclic) bond motifs is 1. The number of carbonyl (C=O) groups is 1. The second kappa shape index (κ2) is 9.44. The van der Waals surface area contributed by atoms with Crippen LogP contribution in [0.2, 0.25) is 5.02 Å². The van der Waals surface area contributed by atoms with Gasteiger partial charge in [0.05, 0.1) is 9.50 Å². The molecule has 3 fully saturated rings. The third kappa shape index (κ3) is 4.96. The van der Waals surface area contributed by atoms with Gasteiger partial charge in [0.2, 0.25) is 5.95 Å². The number of likely N-dealkylation sites (tertiary alicyclic amines) is 1. The van der Waals surface area contributed by atoms with Crippen LogP contribution in [0.5, 0.6) is 0 Å². The first kappa shape index (κ1) is 25.7. The first-order valence-corrected chi connectivity index (χ1v) is 13.6. The average molecular weight is 584 g/mol. The molecule has 8 nitrogen and oxygen atoms in total. The maximum absolute atomic E-state index is 15.3. The summed E-state index contributed by atoms with van der Waals surface area (Å²) in [7, 11) is 2.09. The summed E-state index contributed by atoms with van der Waals surface area (Å²) >= 11 is 9.62. The molecule has 11 heteroatoms. The maximum Gasteiger partial charge on any atom is 0.410 e. The fourth-order valence-corrected chi connectivity index (χ4v) is 5.76. The summed E-state index contributed by atoms with van der Waals surface area (Å²) in [5.74, 6) is 0.816. The van der Waals surface area contributed by atoms with Crippen molar-refractivity contribution in [3.8, 4) is 0 Å². The van der Waals surface area contributed by atoms with E-state index in [0.29, 0.717) is 29.4 Å². The SMILES string of the molecule is CN1CCN(c2nc(N3CCC4(CC3)CN(C(=O)OC(C)(C)C)C4)c3cc(Cl)c(Br)c(F)c3n2)CC1. The number of halogens is 3. The summed E-state index contributed by atoms with van der Waals surface area (Å²) in [6.07, 6.45) is 1.60. The van der Waals surface area contributed by atoms with Crippen molar-refractivity contribution in [3.63, 3.8) is 0 Å². The lowest BCUT2D eigenvalue weighted by atomic mass is 9.72. The smallest absolute Gasteiger partial charge is 0.410 e. The zero-order valence-corrected chi connectivity index (χ0v) is 23.6. The molecule has 4 heterocycles. The van der Waals surface area contributed by atoms with E-state index < -0.39 is 11.4 Å². The van der Waals surface area contributed by atoms with Crippen LogP contribution in [0.1, 0.15) is 33.6 Å². The van der Waals surface area contributed by atoms with Gasteiger partial charge in [0.1, 0.15) is 16.9 Å². The van der Waals surface area contributed by atoms with Crippen molar-refractivity contribution in [1.82, 2.24) is 19.8 Å². The molecule has 2 aromatic rings. The van der Waals surface area contributed by atoms with E-state index in [2.05, 4.69) is 42.7 Å². The van der Waals surface area contributed by atoms with Crippen LogP contribution < -0.4 is 9.80 Å². The fourth-order valence-electron chi connectivity index (χ4n) is 5.26. The van der Waals surface area contributed by atoms with E-state index >= 15 is 4.39 Å². The normalized spacial score (nSPS) is 20.7. The van der Waals surface area contributed by atoms with Crippen LogP contribution in [0, 0.1) is 11.2 Å². The third-order valence-electron chi connectivity index (χ3n) is 7.41. The number of aromatic nitrogens is 2. The molecule has 0 N–H and O–H groups in total. The van der Waals surface area contributed by atoms with Gasteiger partial charge in [-0.25, -0.2) is 14.2 Å². The minimum Gasteiger partial charge on any atom is -0.444 e. The van der Waals surface area contributed by atoms with Gasteiger partial charge in [-0.1, -0.05) is 11.6 Å². The van der Waals surface area contributed by atoms with Gasteiger partial charge in [-0.3, -0.25) is 0 Å². The summed E-state index contributed by atoms with van der Waals surface area (Å²) in [6.45, 7) is 12.0. The van der Waals surface area contributed by atoms with Gasteiger partial charge in [0, 0.05) is 63.2 Å². The molecule has 3 saturated heterocycles. The number of hydrogen-bond acceptors (Lipinski definition) is 7. The molecule has 0 saturated carbocycles. The number of rotatable bonds is 2. The summed E-state index contributed by atoms with van der Waals surface area (Å²) in [5.41, 5.74) is -0.113. The van der Waals surface area contributed by atoms with Crippen molar-refractivity contribution in [1.29, 1.82) is 0 Å². The molecule has 1 amide bonds. The molecule has 0 atom stereocenters. The second-order valence-electron chi connectivity index (χ2n) is 11.3. The number of carbonyl (C=O) groups excluding carboxylic acids is 1. The summed E-state index contributed by atoms with van der Waals surface area (Å²) in [4.78, 5) is 30.4. The molecule has 0 aliphatic carbocycles. The van der Waals surface area contributed by atoms with Crippen LogP contribution in [0.3, 0.4) is 0 Å². The zero-order chi connectivity index (χ0) is 25.8. The van der Waals surface area contributed by atoms with Crippen molar-refractivity contribution in [2.24, 2.45) is 5.41 Å². The topological polar surface area (TPSA) is 65.0 Å². The lowest BCUT2D eigenvalue weighted by Gasteiger charge is -2.53. The van der Waals surface area contributed by atoms with Crippen LogP contribution in [0.4, 0.5) is 21.0 Å². The molecular formula is C25H33BrClFN6O2. The van der Waals surface area contributed by atoms with E-state index in [1.54, 1.807) is 11.0 Å². The Morgan fingerprint density at radius 1 is 1.08 bits per heavy atom. The number of piperazine rings is 1. The number of anilines is 2. The second-order valence-corrected chi connectivity index (χ2v) is 12.5. The van der Waals surface area contributed by atoms with Gasteiger partial charge < -0.3 is 24.3 Å². The summed E-state index contributed by atoms with van der Waals surface area (Å²) in [6, 6.07) is 1.76. The van der Waals surface area contributed by atoms with Gasteiger partial charge >= 0.3 is 6.09 Å². The fraction of sp³-hybridized carbons (Fsp3) is 0.640. The Balaban J connectivity index is 1.38. The molecule has 1 spiro atoms. The Hall–Kier alpha value is -1.91. The Morgan fingerprint density at radius 3 is 2.33 bits per heavy atom. The van der Waals surface area contributed by atoms with E-state index in [4.69, 9.17) is 21.3 Å².